The third kappa shape index (κ3) is 5.53. The van der Waals surface area contributed by atoms with Crippen LogP contribution in [0.3, 0.4) is 0 Å². The number of para-hydroxylation sites is 1. The van der Waals surface area contributed by atoms with Crippen LogP contribution in [-0.4, -0.2) is 37.6 Å². The van der Waals surface area contributed by atoms with Gasteiger partial charge in [0.2, 0.25) is 12.7 Å². The fourth-order valence-corrected chi connectivity index (χ4v) is 2.78. The summed E-state index contributed by atoms with van der Waals surface area (Å²) < 4.78 is 51.9. The van der Waals surface area contributed by atoms with E-state index in [1.54, 1.807) is 18.0 Å². The molecule has 3 rings (SSSR count). The number of carbonyl (C=O) groups is 1. The number of nitrogens with one attached hydrogen (secondary N) is 1. The number of nitrogens with zero attached hydrogens (tertiary/aromatic N) is 1. The number of hydrogen-bond donors (Lipinski definition) is 1. The summed E-state index contributed by atoms with van der Waals surface area (Å²) in [6, 6.07) is 11.2. The van der Waals surface area contributed by atoms with Crippen LogP contribution in [0.1, 0.15) is 11.1 Å². The Labute approximate surface area is 159 Å². The smallest absolute Gasteiger partial charge is 0.454 e. The average Bonchev–Trinajstić information content (AvgIpc) is 3.07. The molecule has 9 heteroatoms. The van der Waals surface area contributed by atoms with Crippen LogP contribution in [0.4, 0.5) is 13.2 Å². The van der Waals surface area contributed by atoms with Crippen LogP contribution < -0.4 is 19.5 Å². The molecule has 6 nitrogen and oxygen atoms in total. The molecule has 28 heavy (non-hydrogen) atoms. The molecule has 2 aromatic carbocycles. The van der Waals surface area contributed by atoms with Gasteiger partial charge in [0.05, 0.1) is 6.54 Å². The van der Waals surface area contributed by atoms with Crippen molar-refractivity contribution in [1.29, 1.82) is 0 Å². The van der Waals surface area contributed by atoms with E-state index in [1.165, 1.54) is 18.2 Å². The molecule has 0 aliphatic carbocycles. The van der Waals surface area contributed by atoms with Crippen molar-refractivity contribution in [2.45, 2.75) is 19.5 Å². The molecule has 1 heterocycles. The molecule has 150 valence electrons. The van der Waals surface area contributed by atoms with Crippen molar-refractivity contribution >= 4 is 5.91 Å². The molecule has 1 amide bonds. The van der Waals surface area contributed by atoms with E-state index in [9.17, 15) is 18.0 Å². The summed E-state index contributed by atoms with van der Waals surface area (Å²) in [7, 11) is 1.77. The number of likely N-dealkylation sites (N-methyl/N-ethyl adjacent to an activating group) is 1. The Morgan fingerprint density at radius 1 is 1.18 bits per heavy atom. The topological polar surface area (TPSA) is 60.0 Å². The summed E-state index contributed by atoms with van der Waals surface area (Å²) in [5, 5.41) is 2.61. The molecule has 1 aliphatic heterocycles. The molecule has 0 bridgehead atoms. The van der Waals surface area contributed by atoms with Crippen molar-refractivity contribution in [3.63, 3.8) is 0 Å². The highest BCUT2D eigenvalue weighted by molar-refractivity contribution is 5.78. The van der Waals surface area contributed by atoms with Gasteiger partial charge < -0.3 is 19.5 Å². The van der Waals surface area contributed by atoms with Crippen molar-refractivity contribution in [2.24, 2.45) is 0 Å². The van der Waals surface area contributed by atoms with Gasteiger partial charge in [-0.05, 0) is 30.8 Å². The highest BCUT2D eigenvalue weighted by Gasteiger charge is 2.32. The van der Waals surface area contributed by atoms with Crippen LogP contribution in [-0.2, 0) is 17.9 Å². The summed E-state index contributed by atoms with van der Waals surface area (Å²) in [5.74, 6) is 0.703. The number of carbonyl (C=O) groups excluding carboxylic acids is 1. The van der Waals surface area contributed by atoms with Gasteiger partial charge in [-0.2, -0.15) is 0 Å². The Kier molecular flexibility index (Phi) is 5.93. The number of ether oxygens (including phenoxy) is 3. The molecule has 0 radical (unpaired) electrons. The molecule has 0 unspecified atom stereocenters. The first-order valence-electron chi connectivity index (χ1n) is 8.47. The fourth-order valence-electron chi connectivity index (χ4n) is 2.78. The van der Waals surface area contributed by atoms with Crippen LogP contribution in [0.2, 0.25) is 0 Å². The van der Waals surface area contributed by atoms with Crippen molar-refractivity contribution in [2.75, 3.05) is 20.4 Å². The molecule has 2 aromatic rings. The minimum atomic E-state index is -4.79. The maximum Gasteiger partial charge on any atom is 0.573 e. The number of hydrogen-bond acceptors (Lipinski definition) is 5. The van der Waals surface area contributed by atoms with Gasteiger partial charge in [-0.3, -0.25) is 9.69 Å². The third-order valence-corrected chi connectivity index (χ3v) is 3.98. The fraction of sp³-hybridized carbons (Fsp3) is 0.316. The van der Waals surface area contributed by atoms with Gasteiger partial charge in [0.1, 0.15) is 5.75 Å². The first-order valence-corrected chi connectivity index (χ1v) is 8.47. The standard InChI is InChI=1S/C19H19F3N2O4/c1-24(10-13-6-7-16-17(8-13)27-12-26-16)11-18(25)23-9-14-4-2-3-5-15(14)28-19(20,21)22/h2-8H,9-12H2,1H3,(H,23,25). The molecule has 0 saturated carbocycles. The van der Waals surface area contributed by atoms with Crippen LogP contribution in [0, 0.1) is 0 Å². The lowest BCUT2D eigenvalue weighted by Crippen LogP contribution is -2.34. The quantitative estimate of drug-likeness (QED) is 0.780. The number of benzene rings is 2. The highest BCUT2D eigenvalue weighted by atomic mass is 19.4. The van der Waals surface area contributed by atoms with Gasteiger partial charge >= 0.3 is 6.36 Å². The monoisotopic (exact) mass is 396 g/mol. The predicted molar refractivity (Wildman–Crippen MR) is 93.9 cm³/mol. The molecule has 0 saturated heterocycles. The lowest BCUT2D eigenvalue weighted by atomic mass is 10.2. The van der Waals surface area contributed by atoms with Gasteiger partial charge in [-0.1, -0.05) is 24.3 Å². The minimum absolute atomic E-state index is 0.0665. The van der Waals surface area contributed by atoms with Gasteiger partial charge in [0.15, 0.2) is 11.5 Å². The summed E-state index contributed by atoms with van der Waals surface area (Å²) in [5.41, 5.74) is 1.19. The van der Waals surface area contributed by atoms with Gasteiger partial charge in [-0.15, -0.1) is 13.2 Å². The second-order valence-electron chi connectivity index (χ2n) is 6.29. The van der Waals surface area contributed by atoms with Crippen molar-refractivity contribution in [3.8, 4) is 17.2 Å². The Morgan fingerprint density at radius 2 is 1.93 bits per heavy atom. The molecular weight excluding hydrogens is 377 g/mol. The van der Waals surface area contributed by atoms with E-state index in [-0.39, 0.29) is 37.1 Å². The summed E-state index contributed by atoms with van der Waals surface area (Å²) >= 11 is 0. The number of amides is 1. The van der Waals surface area contributed by atoms with Crippen LogP contribution in [0.15, 0.2) is 42.5 Å². The molecule has 0 fully saturated rings. The van der Waals surface area contributed by atoms with E-state index in [2.05, 4.69) is 10.1 Å². The number of fused-ring (bicyclic) bond motifs is 1. The lowest BCUT2D eigenvalue weighted by Gasteiger charge is -2.17. The van der Waals surface area contributed by atoms with Crippen LogP contribution >= 0.6 is 0 Å². The third-order valence-electron chi connectivity index (χ3n) is 3.98. The van der Waals surface area contributed by atoms with E-state index in [0.29, 0.717) is 18.0 Å². The molecule has 0 spiro atoms. The molecule has 1 aliphatic rings. The Balaban J connectivity index is 1.50. The Bertz CT molecular complexity index is 842. The zero-order chi connectivity index (χ0) is 20.1. The van der Waals surface area contributed by atoms with E-state index in [1.807, 2.05) is 18.2 Å². The molecule has 1 N–H and O–H groups in total. The maximum absolute atomic E-state index is 12.4. The summed E-state index contributed by atoms with van der Waals surface area (Å²) in [6.45, 7) is 0.702. The van der Waals surface area contributed by atoms with Crippen LogP contribution in [0.25, 0.3) is 0 Å². The molecule has 0 aromatic heterocycles. The minimum Gasteiger partial charge on any atom is -0.454 e. The predicted octanol–water partition coefficient (Wildman–Crippen LogP) is 3.06. The van der Waals surface area contributed by atoms with E-state index < -0.39 is 6.36 Å². The summed E-state index contributed by atoms with van der Waals surface area (Å²) in [6.07, 6.45) is -4.79. The molecule has 0 atom stereocenters. The maximum atomic E-state index is 12.4. The second kappa shape index (κ2) is 8.39. The number of alkyl halides is 3. The lowest BCUT2D eigenvalue weighted by molar-refractivity contribution is -0.274. The number of rotatable bonds is 7. The van der Waals surface area contributed by atoms with E-state index >= 15 is 0 Å². The highest BCUT2D eigenvalue weighted by Crippen LogP contribution is 2.32. The first kappa shape index (κ1) is 19.8. The second-order valence-corrected chi connectivity index (χ2v) is 6.29. The zero-order valence-electron chi connectivity index (χ0n) is 15.1. The Hall–Kier alpha value is -2.94. The Morgan fingerprint density at radius 3 is 2.71 bits per heavy atom. The van der Waals surface area contributed by atoms with E-state index in [4.69, 9.17) is 9.47 Å². The summed E-state index contributed by atoms with van der Waals surface area (Å²) in [4.78, 5) is 13.9. The van der Waals surface area contributed by atoms with E-state index in [0.717, 1.165) is 5.56 Å². The first-order chi connectivity index (χ1) is 13.3. The number of halogens is 3. The normalized spacial score (nSPS) is 12.9. The van der Waals surface area contributed by atoms with Crippen LogP contribution in [0.5, 0.6) is 17.2 Å². The zero-order valence-corrected chi connectivity index (χ0v) is 15.1. The SMILES string of the molecule is CN(CC(=O)NCc1ccccc1OC(F)(F)F)Cc1ccc2c(c1)OCO2. The largest absolute Gasteiger partial charge is 0.573 e. The average molecular weight is 396 g/mol. The van der Waals surface area contributed by atoms with Gasteiger partial charge in [-0.25, -0.2) is 0 Å². The van der Waals surface area contributed by atoms with Crippen molar-refractivity contribution in [3.05, 3.63) is 53.6 Å². The van der Waals surface area contributed by atoms with Crippen molar-refractivity contribution in [1.82, 2.24) is 10.2 Å². The van der Waals surface area contributed by atoms with Crippen molar-refractivity contribution < 1.29 is 32.2 Å². The van der Waals surface area contributed by atoms with Gasteiger partial charge in [0.25, 0.3) is 0 Å². The molecular formula is C19H19F3N2O4. The van der Waals surface area contributed by atoms with Gasteiger partial charge in [0, 0.05) is 18.7 Å².